The Morgan fingerprint density at radius 2 is 2.14 bits per heavy atom. The molecule has 11 heteroatoms. The Bertz CT molecular complexity index is 566. The number of rotatable bonds is 4. The molecule has 0 radical (unpaired) electrons. The van der Waals surface area contributed by atoms with Crippen molar-refractivity contribution >= 4 is 14.4 Å². The first-order chi connectivity index (χ1) is 9.81. The molecule has 0 saturated carbocycles. The molecule has 1 saturated heterocycles. The van der Waals surface area contributed by atoms with Crippen molar-refractivity contribution in [2.24, 2.45) is 0 Å². The molecule has 2 rings (SSSR count). The predicted molar refractivity (Wildman–Crippen MR) is 70.9 cm³/mol. The first-order valence-corrected chi connectivity index (χ1v) is 7.15. The summed E-state index contributed by atoms with van der Waals surface area (Å²) in [5.41, 5.74) is 5.28. The molecule has 0 bridgehead atoms. The van der Waals surface area contributed by atoms with Gasteiger partial charge in [0.05, 0.1) is 6.61 Å². The van der Waals surface area contributed by atoms with Crippen LogP contribution in [0.2, 0.25) is 0 Å². The molecule has 6 N–H and O–H groups in total. The molecule has 118 valence electrons. The minimum Gasteiger partial charge on any atom is -0.387 e. The van der Waals surface area contributed by atoms with Crippen molar-refractivity contribution in [3.8, 4) is 0 Å². The first-order valence-electron chi connectivity index (χ1n) is 5.99. The van der Waals surface area contributed by atoms with Crippen molar-refractivity contribution in [3.05, 3.63) is 22.2 Å². The number of aryl methyl sites for hydroxylation is 1. The van der Waals surface area contributed by atoms with Crippen molar-refractivity contribution in [2.45, 2.75) is 31.5 Å². The summed E-state index contributed by atoms with van der Waals surface area (Å²) in [6.45, 7) is 1.28. The molecule has 2 heterocycles. The van der Waals surface area contributed by atoms with Gasteiger partial charge in [-0.3, -0.25) is 4.57 Å². The van der Waals surface area contributed by atoms with Gasteiger partial charge in [0, 0.05) is 11.8 Å². The average Bonchev–Trinajstić information content (AvgIpc) is 2.68. The second kappa shape index (κ2) is 6.32. The van der Waals surface area contributed by atoms with E-state index in [0.717, 1.165) is 4.57 Å². The predicted octanol–water partition coefficient (Wildman–Crippen LogP) is -2.02. The van der Waals surface area contributed by atoms with E-state index in [1.807, 2.05) is 0 Å². The third kappa shape index (κ3) is 3.38. The van der Waals surface area contributed by atoms with Gasteiger partial charge in [0.15, 0.2) is 6.23 Å². The number of ether oxygens (including phenoxy) is 1. The van der Waals surface area contributed by atoms with Crippen molar-refractivity contribution in [3.63, 3.8) is 0 Å². The SMILES string of the molecule is Cc1cn(C2OC(COP(O)O)C(O)C2O)c(=O)nc1N. The normalized spacial score (nSPS) is 29.2. The standard InChI is InChI=1S/C10H16N3O7P/c1-4-2-13(10(16)12-8(4)11)9-7(15)6(14)5(20-9)3-19-21(17)18/h2,5-7,9,14-15,17-18H,3H2,1H3,(H2,11,12,16). The summed E-state index contributed by atoms with van der Waals surface area (Å²) >= 11 is 0. The Balaban J connectivity index is 2.21. The maximum atomic E-state index is 11.8. The van der Waals surface area contributed by atoms with E-state index >= 15 is 0 Å². The van der Waals surface area contributed by atoms with Crippen LogP contribution < -0.4 is 11.4 Å². The summed E-state index contributed by atoms with van der Waals surface area (Å²) in [4.78, 5) is 32.7. The molecule has 1 aromatic heterocycles. The quantitative estimate of drug-likeness (QED) is 0.394. The Kier molecular flexibility index (Phi) is 4.89. The first kappa shape index (κ1) is 16.2. The molecule has 1 fully saturated rings. The Labute approximate surface area is 120 Å². The molecular formula is C10H16N3O7P. The van der Waals surface area contributed by atoms with Gasteiger partial charge in [-0.25, -0.2) is 4.79 Å². The fraction of sp³-hybridized carbons (Fsp3) is 0.600. The van der Waals surface area contributed by atoms with Crippen LogP contribution in [-0.2, 0) is 9.26 Å². The number of nitrogens with two attached hydrogens (primary N) is 1. The number of nitrogen functional groups attached to an aromatic ring is 1. The van der Waals surface area contributed by atoms with Crippen LogP contribution in [0, 0.1) is 6.92 Å². The van der Waals surface area contributed by atoms with Crippen molar-refractivity contribution in [1.82, 2.24) is 9.55 Å². The second-order valence-electron chi connectivity index (χ2n) is 4.59. The zero-order valence-corrected chi connectivity index (χ0v) is 11.9. The number of hydrogen-bond acceptors (Lipinski definition) is 9. The highest BCUT2D eigenvalue weighted by Gasteiger charge is 2.44. The molecule has 4 unspecified atom stereocenters. The van der Waals surface area contributed by atoms with Crippen LogP contribution in [0.15, 0.2) is 11.0 Å². The fourth-order valence-corrected chi connectivity index (χ4v) is 2.28. The minimum absolute atomic E-state index is 0.0652. The highest BCUT2D eigenvalue weighted by molar-refractivity contribution is 7.39. The third-order valence-electron chi connectivity index (χ3n) is 3.14. The van der Waals surface area contributed by atoms with Crippen LogP contribution >= 0.6 is 8.60 Å². The Morgan fingerprint density at radius 3 is 2.76 bits per heavy atom. The molecule has 0 spiro atoms. The van der Waals surface area contributed by atoms with Gasteiger partial charge in [0.1, 0.15) is 24.1 Å². The van der Waals surface area contributed by atoms with E-state index in [-0.39, 0.29) is 12.4 Å². The van der Waals surface area contributed by atoms with Crippen LogP contribution in [0.25, 0.3) is 0 Å². The van der Waals surface area contributed by atoms with E-state index in [0.29, 0.717) is 5.56 Å². The zero-order valence-electron chi connectivity index (χ0n) is 11.0. The van der Waals surface area contributed by atoms with E-state index in [4.69, 9.17) is 20.3 Å². The smallest absolute Gasteiger partial charge is 0.351 e. The largest absolute Gasteiger partial charge is 0.387 e. The lowest BCUT2D eigenvalue weighted by Crippen LogP contribution is -2.36. The number of aromatic nitrogens is 2. The van der Waals surface area contributed by atoms with Gasteiger partial charge in [0.2, 0.25) is 0 Å². The second-order valence-corrected chi connectivity index (χ2v) is 5.36. The van der Waals surface area contributed by atoms with Crippen molar-refractivity contribution < 1.29 is 29.3 Å². The molecule has 1 aliphatic heterocycles. The van der Waals surface area contributed by atoms with E-state index < -0.39 is 38.8 Å². The summed E-state index contributed by atoms with van der Waals surface area (Å²) in [6, 6.07) is 0. The number of anilines is 1. The summed E-state index contributed by atoms with van der Waals surface area (Å²) in [6.07, 6.45) is -3.57. The van der Waals surface area contributed by atoms with E-state index in [1.165, 1.54) is 6.20 Å². The molecule has 0 aliphatic carbocycles. The van der Waals surface area contributed by atoms with Gasteiger partial charge in [-0.2, -0.15) is 4.98 Å². The maximum absolute atomic E-state index is 11.8. The lowest BCUT2D eigenvalue weighted by Gasteiger charge is -2.18. The molecule has 1 aliphatic rings. The topological polar surface area (TPSA) is 160 Å². The lowest BCUT2D eigenvalue weighted by molar-refractivity contribution is -0.0525. The van der Waals surface area contributed by atoms with Gasteiger partial charge in [-0.05, 0) is 6.92 Å². The van der Waals surface area contributed by atoms with E-state index in [1.54, 1.807) is 6.92 Å². The van der Waals surface area contributed by atoms with Crippen LogP contribution in [0.5, 0.6) is 0 Å². The third-order valence-corrected chi connectivity index (χ3v) is 3.52. The van der Waals surface area contributed by atoms with Crippen LogP contribution in [0.4, 0.5) is 5.82 Å². The van der Waals surface area contributed by atoms with E-state index in [2.05, 4.69) is 9.51 Å². The van der Waals surface area contributed by atoms with E-state index in [9.17, 15) is 15.0 Å². The molecule has 4 atom stereocenters. The number of aliphatic hydroxyl groups excluding tert-OH is 2. The molecule has 21 heavy (non-hydrogen) atoms. The van der Waals surface area contributed by atoms with Gasteiger partial charge in [-0.15, -0.1) is 0 Å². The Hall–Kier alpha value is -1.13. The van der Waals surface area contributed by atoms with Gasteiger partial charge in [-0.1, -0.05) is 0 Å². The summed E-state index contributed by atoms with van der Waals surface area (Å²) < 4.78 is 10.9. The number of hydrogen-bond donors (Lipinski definition) is 5. The average molecular weight is 321 g/mol. The monoisotopic (exact) mass is 321 g/mol. The summed E-state index contributed by atoms with van der Waals surface area (Å²) in [5, 5.41) is 19.8. The summed E-state index contributed by atoms with van der Waals surface area (Å²) in [7, 11) is -2.60. The molecule has 10 nitrogen and oxygen atoms in total. The van der Waals surface area contributed by atoms with Crippen LogP contribution in [0.3, 0.4) is 0 Å². The highest BCUT2D eigenvalue weighted by atomic mass is 31.2. The van der Waals surface area contributed by atoms with Crippen molar-refractivity contribution in [1.29, 1.82) is 0 Å². The molecular weight excluding hydrogens is 305 g/mol. The molecule has 0 amide bonds. The summed E-state index contributed by atoms with van der Waals surface area (Å²) in [5.74, 6) is 0.0652. The maximum Gasteiger partial charge on any atom is 0.351 e. The van der Waals surface area contributed by atoms with Crippen molar-refractivity contribution in [2.75, 3.05) is 12.3 Å². The minimum atomic E-state index is -2.60. The van der Waals surface area contributed by atoms with Gasteiger partial charge >= 0.3 is 14.3 Å². The van der Waals surface area contributed by atoms with Gasteiger partial charge in [0.25, 0.3) is 0 Å². The Morgan fingerprint density at radius 1 is 1.48 bits per heavy atom. The molecule has 0 aromatic carbocycles. The van der Waals surface area contributed by atoms with Crippen LogP contribution in [-0.4, -0.2) is 54.5 Å². The number of nitrogens with zero attached hydrogens (tertiary/aromatic N) is 2. The van der Waals surface area contributed by atoms with Crippen LogP contribution in [0.1, 0.15) is 11.8 Å². The lowest BCUT2D eigenvalue weighted by atomic mass is 10.1. The number of aliphatic hydroxyl groups is 2. The highest BCUT2D eigenvalue weighted by Crippen LogP contribution is 2.32. The molecule has 1 aromatic rings. The zero-order chi connectivity index (χ0) is 15.7. The van der Waals surface area contributed by atoms with Gasteiger partial charge < -0.3 is 35.0 Å². The fourth-order valence-electron chi connectivity index (χ4n) is 2.00.